The summed E-state index contributed by atoms with van der Waals surface area (Å²) in [5.41, 5.74) is 3.41. The van der Waals surface area contributed by atoms with E-state index in [-0.39, 0.29) is 18.1 Å². The smallest absolute Gasteiger partial charge is 0.231 e. The SMILES string of the molecule is Cc1sc[n+](CC(=O)c2ccccc2O)c1C. The molecule has 0 amide bonds. The van der Waals surface area contributed by atoms with Crippen molar-refractivity contribution in [3.05, 3.63) is 45.9 Å². The summed E-state index contributed by atoms with van der Waals surface area (Å²) in [5.74, 6) is -0.0308. The van der Waals surface area contributed by atoms with Gasteiger partial charge in [-0.3, -0.25) is 4.79 Å². The van der Waals surface area contributed by atoms with Crippen LogP contribution in [-0.2, 0) is 6.54 Å². The second-order valence-electron chi connectivity index (χ2n) is 3.93. The number of phenolic OH excluding ortho intramolecular Hbond substituents is 1. The Labute approximate surface area is 104 Å². The van der Waals surface area contributed by atoms with Crippen LogP contribution in [0.15, 0.2) is 29.8 Å². The Morgan fingerprint density at radius 3 is 2.65 bits per heavy atom. The van der Waals surface area contributed by atoms with Crippen molar-refractivity contribution >= 4 is 17.1 Å². The lowest BCUT2D eigenvalue weighted by Gasteiger charge is -2.00. The third-order valence-corrected chi connectivity index (χ3v) is 3.82. The number of para-hydroxylation sites is 1. The van der Waals surface area contributed by atoms with Gasteiger partial charge in [0.15, 0.2) is 5.69 Å². The molecule has 1 aromatic carbocycles. The Hall–Kier alpha value is -1.68. The molecule has 0 spiro atoms. The van der Waals surface area contributed by atoms with Crippen molar-refractivity contribution in [3.8, 4) is 5.75 Å². The van der Waals surface area contributed by atoms with Crippen molar-refractivity contribution in [3.63, 3.8) is 0 Å². The number of carbonyl (C=O) groups is 1. The molecule has 88 valence electrons. The number of hydrogen-bond donors (Lipinski definition) is 1. The summed E-state index contributed by atoms with van der Waals surface area (Å²) >= 11 is 1.62. The third kappa shape index (κ3) is 2.36. The Morgan fingerprint density at radius 1 is 1.35 bits per heavy atom. The molecule has 3 nitrogen and oxygen atoms in total. The average molecular weight is 248 g/mol. The van der Waals surface area contributed by atoms with Crippen molar-refractivity contribution in [2.24, 2.45) is 0 Å². The molecule has 1 heterocycles. The lowest BCUT2D eigenvalue weighted by molar-refractivity contribution is -0.684. The summed E-state index contributed by atoms with van der Waals surface area (Å²) in [7, 11) is 0. The molecule has 0 radical (unpaired) electrons. The maximum absolute atomic E-state index is 12.0. The lowest BCUT2D eigenvalue weighted by Crippen LogP contribution is -2.38. The van der Waals surface area contributed by atoms with E-state index in [1.165, 1.54) is 10.9 Å². The summed E-state index contributed by atoms with van der Waals surface area (Å²) in [5, 5.41) is 9.61. The predicted octanol–water partition coefficient (Wildman–Crippen LogP) is 2.24. The average Bonchev–Trinajstić information content (AvgIpc) is 2.61. The number of benzene rings is 1. The molecule has 2 rings (SSSR count). The minimum absolute atomic E-state index is 0.0442. The van der Waals surface area contributed by atoms with Gasteiger partial charge in [-0.1, -0.05) is 23.5 Å². The molecule has 0 aliphatic carbocycles. The number of ketones is 1. The van der Waals surface area contributed by atoms with E-state index >= 15 is 0 Å². The van der Waals surface area contributed by atoms with Crippen molar-refractivity contribution in [1.82, 2.24) is 0 Å². The Balaban J connectivity index is 2.23. The van der Waals surface area contributed by atoms with Gasteiger partial charge >= 0.3 is 0 Å². The van der Waals surface area contributed by atoms with Gasteiger partial charge in [-0.2, -0.15) is 4.57 Å². The van der Waals surface area contributed by atoms with Gasteiger partial charge in [0.05, 0.1) is 10.4 Å². The van der Waals surface area contributed by atoms with Crippen LogP contribution in [0, 0.1) is 13.8 Å². The standard InChI is InChI=1S/C13H13NO2S/c1-9-10(2)17-8-14(9)7-13(16)11-5-3-4-6-12(11)15/h3-6,8H,7H2,1-2H3/p+1. The highest BCUT2D eigenvalue weighted by atomic mass is 32.1. The van der Waals surface area contributed by atoms with E-state index in [1.807, 2.05) is 23.9 Å². The third-order valence-electron chi connectivity index (χ3n) is 2.82. The number of rotatable bonds is 3. The Bertz CT molecular complexity index is 560. The zero-order chi connectivity index (χ0) is 12.4. The monoisotopic (exact) mass is 248 g/mol. The summed E-state index contributed by atoms with van der Waals surface area (Å²) in [4.78, 5) is 13.2. The summed E-state index contributed by atoms with van der Waals surface area (Å²) in [6, 6.07) is 6.64. The quantitative estimate of drug-likeness (QED) is 0.668. The normalized spacial score (nSPS) is 10.5. The second-order valence-corrected chi connectivity index (χ2v) is 4.99. The molecular formula is C13H14NO2S+. The molecule has 0 atom stereocenters. The molecular weight excluding hydrogens is 234 g/mol. The molecule has 0 aliphatic rings. The van der Waals surface area contributed by atoms with Gasteiger partial charge in [-0.05, 0) is 19.1 Å². The number of nitrogens with zero attached hydrogens (tertiary/aromatic N) is 1. The van der Waals surface area contributed by atoms with Crippen molar-refractivity contribution in [2.75, 3.05) is 0 Å². The molecule has 0 unspecified atom stereocenters. The van der Waals surface area contributed by atoms with Gasteiger partial charge in [0.25, 0.3) is 0 Å². The van der Waals surface area contributed by atoms with Gasteiger partial charge in [0.2, 0.25) is 17.8 Å². The number of aromatic hydroxyl groups is 1. The van der Waals surface area contributed by atoms with Crippen LogP contribution in [0.2, 0.25) is 0 Å². The number of carbonyl (C=O) groups excluding carboxylic acids is 1. The van der Waals surface area contributed by atoms with Gasteiger partial charge in [0.1, 0.15) is 5.75 Å². The van der Waals surface area contributed by atoms with Crippen LogP contribution in [0.1, 0.15) is 20.9 Å². The highest BCUT2D eigenvalue weighted by Gasteiger charge is 2.19. The second kappa shape index (κ2) is 4.67. The topological polar surface area (TPSA) is 41.2 Å². The van der Waals surface area contributed by atoms with Gasteiger partial charge in [-0.25, -0.2) is 0 Å². The van der Waals surface area contributed by atoms with Crippen LogP contribution < -0.4 is 4.57 Å². The summed E-state index contributed by atoms with van der Waals surface area (Å²) in [6.45, 7) is 4.29. The van der Waals surface area contributed by atoms with E-state index in [0.717, 1.165) is 5.69 Å². The molecule has 1 N–H and O–H groups in total. The highest BCUT2D eigenvalue weighted by molar-refractivity contribution is 7.09. The maximum atomic E-state index is 12.0. The first kappa shape index (κ1) is 11.8. The minimum atomic E-state index is -0.0750. The van der Waals surface area contributed by atoms with E-state index in [0.29, 0.717) is 5.56 Å². The van der Waals surface area contributed by atoms with Crippen LogP contribution in [0.4, 0.5) is 0 Å². The number of aromatic nitrogens is 1. The molecule has 0 saturated carbocycles. The van der Waals surface area contributed by atoms with Crippen LogP contribution in [0.3, 0.4) is 0 Å². The zero-order valence-electron chi connectivity index (χ0n) is 9.80. The maximum Gasteiger partial charge on any atom is 0.231 e. The molecule has 0 aliphatic heterocycles. The van der Waals surface area contributed by atoms with Crippen molar-refractivity contribution in [1.29, 1.82) is 0 Å². The minimum Gasteiger partial charge on any atom is -0.507 e. The number of phenols is 1. The molecule has 2 aromatic rings. The molecule has 1 aromatic heterocycles. The lowest BCUT2D eigenvalue weighted by atomic mass is 10.1. The van der Waals surface area contributed by atoms with Crippen LogP contribution in [0.25, 0.3) is 0 Å². The Morgan fingerprint density at radius 2 is 2.06 bits per heavy atom. The predicted molar refractivity (Wildman–Crippen MR) is 66.4 cm³/mol. The van der Waals surface area contributed by atoms with E-state index in [2.05, 4.69) is 0 Å². The number of thiazole rings is 1. The van der Waals surface area contributed by atoms with Gasteiger partial charge in [0, 0.05) is 6.92 Å². The largest absolute Gasteiger partial charge is 0.507 e. The van der Waals surface area contributed by atoms with E-state index in [9.17, 15) is 9.90 Å². The number of Topliss-reactive ketones (excluding diaryl/α,β-unsaturated/α-hetero) is 1. The van der Waals surface area contributed by atoms with E-state index in [1.54, 1.807) is 29.5 Å². The van der Waals surface area contributed by atoms with Crippen LogP contribution in [0.5, 0.6) is 5.75 Å². The van der Waals surface area contributed by atoms with Crippen LogP contribution in [-0.4, -0.2) is 10.9 Å². The first-order valence-electron chi connectivity index (χ1n) is 5.35. The van der Waals surface area contributed by atoms with E-state index in [4.69, 9.17) is 0 Å². The molecule has 0 fully saturated rings. The van der Waals surface area contributed by atoms with Gasteiger partial charge in [-0.15, -0.1) is 0 Å². The van der Waals surface area contributed by atoms with Crippen molar-refractivity contribution in [2.45, 2.75) is 20.4 Å². The number of hydrogen-bond acceptors (Lipinski definition) is 3. The fourth-order valence-corrected chi connectivity index (χ4v) is 2.42. The zero-order valence-corrected chi connectivity index (χ0v) is 10.6. The fourth-order valence-electron chi connectivity index (χ4n) is 1.61. The number of aryl methyl sites for hydroxylation is 1. The Kier molecular flexibility index (Phi) is 3.24. The summed E-state index contributed by atoms with van der Waals surface area (Å²) < 4.78 is 1.91. The van der Waals surface area contributed by atoms with Crippen molar-refractivity contribution < 1.29 is 14.5 Å². The molecule has 4 heteroatoms. The summed E-state index contributed by atoms with van der Waals surface area (Å²) in [6.07, 6.45) is 0. The molecule has 0 saturated heterocycles. The first-order chi connectivity index (χ1) is 8.09. The fraction of sp³-hybridized carbons (Fsp3) is 0.231. The molecule has 0 bridgehead atoms. The molecule has 17 heavy (non-hydrogen) atoms. The highest BCUT2D eigenvalue weighted by Crippen LogP contribution is 2.16. The van der Waals surface area contributed by atoms with Crippen LogP contribution >= 0.6 is 11.3 Å². The van der Waals surface area contributed by atoms with Gasteiger partial charge < -0.3 is 5.11 Å². The van der Waals surface area contributed by atoms with E-state index < -0.39 is 0 Å². The first-order valence-corrected chi connectivity index (χ1v) is 6.23.